The Bertz CT molecular complexity index is 782. The second kappa shape index (κ2) is 5.59. The lowest BCUT2D eigenvalue weighted by molar-refractivity contribution is -0.385. The first-order valence-electron chi connectivity index (χ1n) is 7.80. The van der Waals surface area contributed by atoms with Crippen molar-refractivity contribution in [3.63, 3.8) is 0 Å². The molecule has 0 unspecified atom stereocenters. The molecule has 0 saturated heterocycles. The number of nitro groups is 1. The van der Waals surface area contributed by atoms with E-state index in [1.807, 2.05) is 6.92 Å². The maximum atomic E-state index is 12.3. The van der Waals surface area contributed by atoms with Crippen LogP contribution in [0.5, 0.6) is 0 Å². The number of ketones is 1. The average molecular weight is 329 g/mol. The maximum absolute atomic E-state index is 12.3. The van der Waals surface area contributed by atoms with Crippen LogP contribution in [-0.2, 0) is 4.79 Å². The molecule has 0 spiro atoms. The van der Waals surface area contributed by atoms with Crippen LogP contribution in [0.15, 0.2) is 34.5 Å². The Balaban J connectivity index is 2.17. The van der Waals surface area contributed by atoms with Gasteiger partial charge in [0.2, 0.25) is 0 Å². The van der Waals surface area contributed by atoms with Crippen molar-refractivity contribution >= 4 is 22.9 Å². The van der Waals surface area contributed by atoms with Gasteiger partial charge in [0.05, 0.1) is 22.2 Å². The van der Waals surface area contributed by atoms with Crippen molar-refractivity contribution in [1.82, 2.24) is 0 Å². The molecule has 1 fully saturated rings. The van der Waals surface area contributed by atoms with Gasteiger partial charge in [-0.3, -0.25) is 14.9 Å². The smallest absolute Gasteiger partial charge is 0.269 e. The van der Waals surface area contributed by atoms with Gasteiger partial charge in [-0.05, 0) is 26.3 Å². The number of nitro benzene ring substituents is 1. The fraction of sp³-hybridized carbons (Fsp3) is 0.471. The Kier molecular flexibility index (Phi) is 3.83. The van der Waals surface area contributed by atoms with Gasteiger partial charge in [-0.25, -0.2) is 0 Å². The molecule has 1 aromatic rings. The van der Waals surface area contributed by atoms with Gasteiger partial charge in [-0.15, -0.1) is 0 Å². The Labute approximate surface area is 139 Å². The summed E-state index contributed by atoms with van der Waals surface area (Å²) in [7, 11) is 0. The summed E-state index contributed by atoms with van der Waals surface area (Å²) in [4.78, 5) is 23.0. The lowest BCUT2D eigenvalue weighted by atomic mass is 9.59. The SMILES string of the molecule is CC(=O)[C@@H]1[C@H](c2cccc([N+](=O)[O-])c2)[C@H]2C(C)=NN=C2C[C@@]1(C)O. The molecule has 0 aromatic heterocycles. The summed E-state index contributed by atoms with van der Waals surface area (Å²) in [5, 5.41) is 30.3. The summed E-state index contributed by atoms with van der Waals surface area (Å²) < 4.78 is 0. The van der Waals surface area contributed by atoms with Crippen LogP contribution in [0.25, 0.3) is 0 Å². The molecule has 0 bridgehead atoms. The van der Waals surface area contributed by atoms with Gasteiger partial charge < -0.3 is 5.11 Å². The molecule has 0 radical (unpaired) electrons. The first kappa shape index (κ1) is 16.4. The van der Waals surface area contributed by atoms with E-state index in [0.717, 1.165) is 11.4 Å². The normalized spacial score (nSPS) is 31.9. The zero-order valence-corrected chi connectivity index (χ0v) is 13.8. The quantitative estimate of drug-likeness (QED) is 0.679. The second-order valence-corrected chi connectivity index (χ2v) is 6.81. The van der Waals surface area contributed by atoms with E-state index >= 15 is 0 Å². The van der Waals surface area contributed by atoms with Crippen LogP contribution in [0.4, 0.5) is 5.69 Å². The number of aliphatic hydroxyl groups is 1. The van der Waals surface area contributed by atoms with E-state index in [4.69, 9.17) is 0 Å². The van der Waals surface area contributed by atoms with Gasteiger partial charge in [-0.2, -0.15) is 10.2 Å². The number of hydrogen-bond donors (Lipinski definition) is 1. The number of Topliss-reactive ketones (excluding diaryl/α,β-unsaturated/α-hetero) is 1. The van der Waals surface area contributed by atoms with E-state index in [9.17, 15) is 20.0 Å². The van der Waals surface area contributed by atoms with E-state index in [-0.39, 0.29) is 23.8 Å². The molecule has 1 N–H and O–H groups in total. The van der Waals surface area contributed by atoms with Crippen LogP contribution >= 0.6 is 0 Å². The van der Waals surface area contributed by atoms with Crippen LogP contribution < -0.4 is 0 Å². The van der Waals surface area contributed by atoms with Crippen molar-refractivity contribution in [2.75, 3.05) is 0 Å². The number of hydrogen-bond acceptors (Lipinski definition) is 6. The molecular formula is C17H19N3O4. The van der Waals surface area contributed by atoms with Gasteiger partial charge in [-0.1, -0.05) is 12.1 Å². The lowest BCUT2D eigenvalue weighted by Crippen LogP contribution is -2.53. The number of fused-ring (bicyclic) bond motifs is 1. The van der Waals surface area contributed by atoms with Crippen LogP contribution in [0.2, 0.25) is 0 Å². The number of carbonyl (C=O) groups is 1. The van der Waals surface area contributed by atoms with E-state index < -0.39 is 22.4 Å². The fourth-order valence-electron chi connectivity index (χ4n) is 4.10. The minimum Gasteiger partial charge on any atom is -0.389 e. The summed E-state index contributed by atoms with van der Waals surface area (Å²) >= 11 is 0. The molecule has 7 heteroatoms. The van der Waals surface area contributed by atoms with Crippen molar-refractivity contribution in [2.24, 2.45) is 22.0 Å². The molecule has 2 aliphatic rings. The zero-order chi connectivity index (χ0) is 17.6. The minimum atomic E-state index is -1.27. The van der Waals surface area contributed by atoms with Gasteiger partial charge in [0, 0.05) is 36.1 Å². The number of nitrogens with zero attached hydrogens (tertiary/aromatic N) is 3. The van der Waals surface area contributed by atoms with Crippen molar-refractivity contribution < 1.29 is 14.8 Å². The van der Waals surface area contributed by atoms with Crippen molar-refractivity contribution in [1.29, 1.82) is 0 Å². The van der Waals surface area contributed by atoms with Crippen LogP contribution in [0, 0.1) is 22.0 Å². The van der Waals surface area contributed by atoms with E-state index in [2.05, 4.69) is 10.2 Å². The van der Waals surface area contributed by atoms with Gasteiger partial charge in [0.25, 0.3) is 5.69 Å². The highest BCUT2D eigenvalue weighted by Crippen LogP contribution is 2.48. The molecule has 126 valence electrons. The number of benzene rings is 1. The van der Waals surface area contributed by atoms with Gasteiger partial charge >= 0.3 is 0 Å². The third-order valence-corrected chi connectivity index (χ3v) is 4.98. The maximum Gasteiger partial charge on any atom is 0.269 e. The molecule has 4 atom stereocenters. The van der Waals surface area contributed by atoms with Crippen LogP contribution in [0.1, 0.15) is 38.7 Å². The molecule has 0 amide bonds. The molecule has 3 rings (SSSR count). The predicted octanol–water partition coefficient (Wildman–Crippen LogP) is 2.49. The van der Waals surface area contributed by atoms with E-state index in [0.29, 0.717) is 5.56 Å². The third-order valence-electron chi connectivity index (χ3n) is 4.98. The monoisotopic (exact) mass is 329 g/mol. The number of carbonyl (C=O) groups excluding carboxylic acids is 1. The summed E-state index contributed by atoms with van der Waals surface area (Å²) in [5.41, 5.74) is 0.843. The molecule has 1 aliphatic carbocycles. The summed E-state index contributed by atoms with van der Waals surface area (Å²) in [6, 6.07) is 6.26. The first-order valence-corrected chi connectivity index (χ1v) is 7.80. The summed E-state index contributed by atoms with van der Waals surface area (Å²) in [6.07, 6.45) is 0.272. The molecule has 24 heavy (non-hydrogen) atoms. The van der Waals surface area contributed by atoms with E-state index in [1.54, 1.807) is 19.1 Å². The highest BCUT2D eigenvalue weighted by atomic mass is 16.6. The van der Waals surface area contributed by atoms with Crippen LogP contribution in [0.3, 0.4) is 0 Å². The van der Waals surface area contributed by atoms with E-state index in [1.165, 1.54) is 19.1 Å². The molecular weight excluding hydrogens is 310 g/mol. The highest BCUT2D eigenvalue weighted by molar-refractivity contribution is 6.12. The van der Waals surface area contributed by atoms with Crippen LogP contribution in [-0.4, -0.2) is 32.8 Å². The first-order chi connectivity index (χ1) is 11.2. The largest absolute Gasteiger partial charge is 0.389 e. The Morgan fingerprint density at radius 1 is 1.42 bits per heavy atom. The van der Waals surface area contributed by atoms with Gasteiger partial charge in [0.1, 0.15) is 5.78 Å². The number of rotatable bonds is 3. The lowest BCUT2D eigenvalue weighted by Gasteiger charge is -2.45. The standard InChI is InChI=1S/C17H19N3O4/c1-9-14-13(19-18-9)8-17(3,22)16(10(2)21)15(14)11-5-4-6-12(7-11)20(23)24/h4-7,14-16,22H,8H2,1-3H3/t14-,15+,16+,17+/m0/s1. The molecule has 7 nitrogen and oxygen atoms in total. The summed E-state index contributed by atoms with van der Waals surface area (Å²) in [5.74, 6) is -1.45. The third kappa shape index (κ3) is 2.54. The molecule has 1 heterocycles. The topological polar surface area (TPSA) is 105 Å². The average Bonchev–Trinajstić information content (AvgIpc) is 2.85. The van der Waals surface area contributed by atoms with Crippen molar-refractivity contribution in [2.45, 2.75) is 38.7 Å². The molecule has 1 aliphatic heterocycles. The fourth-order valence-corrected chi connectivity index (χ4v) is 4.10. The minimum absolute atomic E-state index is 0.0360. The van der Waals surface area contributed by atoms with Gasteiger partial charge in [0.15, 0.2) is 0 Å². The second-order valence-electron chi connectivity index (χ2n) is 6.81. The highest BCUT2D eigenvalue weighted by Gasteiger charge is 2.53. The Morgan fingerprint density at radius 3 is 2.75 bits per heavy atom. The number of non-ortho nitro benzene ring substituents is 1. The Hall–Kier alpha value is -2.41. The molecule has 1 aromatic carbocycles. The predicted molar refractivity (Wildman–Crippen MR) is 89.3 cm³/mol. The van der Waals surface area contributed by atoms with Crippen molar-refractivity contribution in [3.05, 3.63) is 39.9 Å². The zero-order valence-electron chi connectivity index (χ0n) is 13.8. The van der Waals surface area contributed by atoms with Crippen molar-refractivity contribution in [3.8, 4) is 0 Å². The molecule has 1 saturated carbocycles. The Morgan fingerprint density at radius 2 is 2.12 bits per heavy atom. The summed E-state index contributed by atoms with van der Waals surface area (Å²) in [6.45, 7) is 4.91.